The van der Waals surface area contributed by atoms with E-state index >= 15 is 0 Å². The quantitative estimate of drug-likeness (QED) is 0.669. The highest BCUT2D eigenvalue weighted by atomic mass is 15.3. The fourth-order valence-corrected chi connectivity index (χ4v) is 1.90. The van der Waals surface area contributed by atoms with Crippen LogP contribution in [0.2, 0.25) is 0 Å². The van der Waals surface area contributed by atoms with Gasteiger partial charge in [0.05, 0.1) is 0 Å². The molecule has 0 radical (unpaired) electrons. The molecule has 6 heteroatoms. The topological polar surface area (TPSA) is 74.8 Å². The predicted octanol–water partition coefficient (Wildman–Crippen LogP) is 3.40. The van der Waals surface area contributed by atoms with E-state index < -0.39 is 0 Å². The number of hydrogen-bond acceptors (Lipinski definition) is 6. The largest absolute Gasteiger partial charge is 0.357 e. The maximum absolute atomic E-state index is 4.39. The molecule has 0 atom stereocenters. The van der Waals surface area contributed by atoms with Crippen LogP contribution in [-0.2, 0) is 0 Å². The van der Waals surface area contributed by atoms with E-state index in [1.54, 1.807) is 7.05 Å². The molecule has 0 aliphatic carbocycles. The Morgan fingerprint density at radius 2 is 1.00 bits per heavy atom. The van der Waals surface area contributed by atoms with Crippen LogP contribution in [0.1, 0.15) is 0 Å². The van der Waals surface area contributed by atoms with Crippen molar-refractivity contribution in [3.05, 3.63) is 60.7 Å². The number of aromatic nitrogens is 3. The van der Waals surface area contributed by atoms with Crippen LogP contribution in [0.4, 0.5) is 29.2 Å². The fraction of sp³-hybridized carbons (Fsp3) is 0.0625. The zero-order valence-electron chi connectivity index (χ0n) is 12.1. The van der Waals surface area contributed by atoms with E-state index in [-0.39, 0.29) is 0 Å². The Morgan fingerprint density at radius 1 is 0.591 bits per heavy atom. The van der Waals surface area contributed by atoms with E-state index in [0.717, 1.165) is 11.4 Å². The van der Waals surface area contributed by atoms with Gasteiger partial charge in [0, 0.05) is 18.4 Å². The second-order valence-electron chi connectivity index (χ2n) is 4.54. The lowest BCUT2D eigenvalue weighted by Crippen LogP contribution is -2.07. The normalized spacial score (nSPS) is 10.0. The maximum atomic E-state index is 4.39. The van der Waals surface area contributed by atoms with Crippen molar-refractivity contribution in [3.8, 4) is 0 Å². The number of hydrogen-bond donors (Lipinski definition) is 3. The van der Waals surface area contributed by atoms with Gasteiger partial charge in [-0.2, -0.15) is 15.0 Å². The minimum absolute atomic E-state index is 0.476. The van der Waals surface area contributed by atoms with E-state index in [0.29, 0.717) is 17.8 Å². The third kappa shape index (κ3) is 3.49. The lowest BCUT2D eigenvalue weighted by molar-refractivity contribution is 1.06. The minimum Gasteiger partial charge on any atom is -0.357 e. The summed E-state index contributed by atoms with van der Waals surface area (Å²) in [7, 11) is 1.77. The van der Waals surface area contributed by atoms with Crippen LogP contribution >= 0.6 is 0 Å². The smallest absolute Gasteiger partial charge is 0.233 e. The Balaban J connectivity index is 1.86. The van der Waals surface area contributed by atoms with Gasteiger partial charge in [-0.25, -0.2) is 0 Å². The fourth-order valence-electron chi connectivity index (χ4n) is 1.90. The highest BCUT2D eigenvalue weighted by molar-refractivity contribution is 5.58. The molecule has 110 valence electrons. The van der Waals surface area contributed by atoms with Gasteiger partial charge in [-0.3, -0.25) is 0 Å². The average molecular weight is 292 g/mol. The number of anilines is 5. The number of para-hydroxylation sites is 2. The standard InChI is InChI=1S/C16H16N6/c1-17-14-20-15(18-12-8-4-2-5-9-12)22-16(21-14)19-13-10-6-3-7-11-13/h2-11H,1H3,(H3,17,18,19,20,21,22). The minimum atomic E-state index is 0.476. The molecule has 0 aliphatic rings. The van der Waals surface area contributed by atoms with Crippen LogP contribution in [0.25, 0.3) is 0 Å². The summed E-state index contributed by atoms with van der Waals surface area (Å²) in [5.74, 6) is 1.44. The molecule has 0 amide bonds. The molecule has 1 aromatic heterocycles. The van der Waals surface area contributed by atoms with Gasteiger partial charge in [-0.1, -0.05) is 36.4 Å². The molecule has 6 nitrogen and oxygen atoms in total. The number of nitrogens with zero attached hydrogens (tertiary/aromatic N) is 3. The summed E-state index contributed by atoms with van der Waals surface area (Å²) in [5.41, 5.74) is 1.84. The summed E-state index contributed by atoms with van der Waals surface area (Å²) < 4.78 is 0. The van der Waals surface area contributed by atoms with Gasteiger partial charge in [0.1, 0.15) is 0 Å². The molecule has 0 saturated carbocycles. The summed E-state index contributed by atoms with van der Waals surface area (Å²) in [4.78, 5) is 13.0. The van der Waals surface area contributed by atoms with Crippen LogP contribution in [-0.4, -0.2) is 22.0 Å². The Kier molecular flexibility index (Phi) is 4.10. The molecule has 0 fully saturated rings. The van der Waals surface area contributed by atoms with E-state index in [2.05, 4.69) is 30.9 Å². The predicted molar refractivity (Wildman–Crippen MR) is 88.8 cm³/mol. The summed E-state index contributed by atoms with van der Waals surface area (Å²) in [6.45, 7) is 0. The number of nitrogens with one attached hydrogen (secondary N) is 3. The van der Waals surface area contributed by atoms with Crippen molar-refractivity contribution in [2.75, 3.05) is 23.0 Å². The maximum Gasteiger partial charge on any atom is 0.233 e. The average Bonchev–Trinajstić information content (AvgIpc) is 2.56. The molecule has 0 aliphatic heterocycles. The second kappa shape index (κ2) is 6.53. The highest BCUT2D eigenvalue weighted by Gasteiger charge is 2.06. The van der Waals surface area contributed by atoms with Crippen molar-refractivity contribution in [1.82, 2.24) is 15.0 Å². The van der Waals surface area contributed by atoms with Crippen LogP contribution in [0.5, 0.6) is 0 Å². The van der Waals surface area contributed by atoms with E-state index in [1.165, 1.54) is 0 Å². The lowest BCUT2D eigenvalue weighted by atomic mass is 10.3. The van der Waals surface area contributed by atoms with Crippen LogP contribution in [0, 0.1) is 0 Å². The summed E-state index contributed by atoms with van der Waals surface area (Å²) in [6.07, 6.45) is 0. The zero-order chi connectivity index (χ0) is 15.2. The molecule has 0 unspecified atom stereocenters. The SMILES string of the molecule is CNc1nc(Nc2ccccc2)nc(Nc2ccccc2)n1. The molecular formula is C16H16N6. The van der Waals surface area contributed by atoms with Gasteiger partial charge in [-0.15, -0.1) is 0 Å². The van der Waals surface area contributed by atoms with Gasteiger partial charge >= 0.3 is 0 Å². The van der Waals surface area contributed by atoms with Gasteiger partial charge in [0.25, 0.3) is 0 Å². The molecule has 2 aromatic carbocycles. The molecule has 1 heterocycles. The summed E-state index contributed by atoms with van der Waals surface area (Å²) >= 11 is 0. The Labute approximate surface area is 128 Å². The molecule has 0 bridgehead atoms. The van der Waals surface area contributed by atoms with Crippen molar-refractivity contribution in [2.45, 2.75) is 0 Å². The molecular weight excluding hydrogens is 276 g/mol. The number of rotatable bonds is 5. The number of benzene rings is 2. The van der Waals surface area contributed by atoms with Gasteiger partial charge in [0.15, 0.2) is 0 Å². The van der Waals surface area contributed by atoms with Crippen molar-refractivity contribution in [1.29, 1.82) is 0 Å². The molecule has 3 rings (SSSR count). The summed E-state index contributed by atoms with van der Waals surface area (Å²) in [6, 6.07) is 19.5. The van der Waals surface area contributed by atoms with Crippen LogP contribution in [0.15, 0.2) is 60.7 Å². The van der Waals surface area contributed by atoms with Gasteiger partial charge in [0.2, 0.25) is 17.8 Å². The van der Waals surface area contributed by atoms with Crippen molar-refractivity contribution in [3.63, 3.8) is 0 Å². The molecule has 22 heavy (non-hydrogen) atoms. The van der Waals surface area contributed by atoms with Crippen molar-refractivity contribution < 1.29 is 0 Å². The third-order valence-electron chi connectivity index (χ3n) is 2.92. The first-order valence-electron chi connectivity index (χ1n) is 6.91. The lowest BCUT2D eigenvalue weighted by Gasteiger charge is -2.10. The first-order valence-corrected chi connectivity index (χ1v) is 6.91. The molecule has 0 spiro atoms. The van der Waals surface area contributed by atoms with Gasteiger partial charge < -0.3 is 16.0 Å². The Morgan fingerprint density at radius 3 is 1.41 bits per heavy atom. The van der Waals surface area contributed by atoms with E-state index in [9.17, 15) is 0 Å². The Bertz CT molecular complexity index is 670. The Hall–Kier alpha value is -3.15. The van der Waals surface area contributed by atoms with Gasteiger partial charge in [-0.05, 0) is 24.3 Å². The first kappa shape index (κ1) is 13.8. The van der Waals surface area contributed by atoms with E-state index in [1.807, 2.05) is 60.7 Å². The van der Waals surface area contributed by atoms with Crippen LogP contribution < -0.4 is 16.0 Å². The third-order valence-corrected chi connectivity index (χ3v) is 2.92. The summed E-state index contributed by atoms with van der Waals surface area (Å²) in [5, 5.41) is 9.26. The van der Waals surface area contributed by atoms with Crippen molar-refractivity contribution >= 4 is 29.2 Å². The monoisotopic (exact) mass is 292 g/mol. The molecule has 3 aromatic rings. The molecule has 3 N–H and O–H groups in total. The van der Waals surface area contributed by atoms with Crippen LogP contribution in [0.3, 0.4) is 0 Å². The van der Waals surface area contributed by atoms with Crippen molar-refractivity contribution in [2.24, 2.45) is 0 Å². The molecule has 0 saturated heterocycles. The second-order valence-corrected chi connectivity index (χ2v) is 4.54. The highest BCUT2D eigenvalue weighted by Crippen LogP contribution is 2.17. The first-order chi connectivity index (χ1) is 10.8. The van der Waals surface area contributed by atoms with E-state index in [4.69, 9.17) is 0 Å². The zero-order valence-corrected chi connectivity index (χ0v) is 12.1.